The summed E-state index contributed by atoms with van der Waals surface area (Å²) in [6.45, 7) is 0.862. The Bertz CT molecular complexity index is 1510. The maximum Gasteiger partial charge on any atom is 0.188 e. The number of Topliss-reactive ketones (excluding diaryl/α,β-unsaturated/α-hetero) is 4. The molecule has 0 heterocycles. The molecule has 4 rings (SSSR count). The van der Waals surface area contributed by atoms with E-state index in [1.807, 2.05) is 6.07 Å². The largest absolute Gasteiger partial charge is 0.508 e. The van der Waals surface area contributed by atoms with Crippen LogP contribution in [0.25, 0.3) is 0 Å². The number of hydrogen-bond donors (Lipinski definition) is 4. The number of aromatic hydroxyl groups is 2. The lowest BCUT2D eigenvalue weighted by molar-refractivity contribution is -0.127. The third-order valence-electron chi connectivity index (χ3n) is 7.23. The van der Waals surface area contributed by atoms with E-state index in [4.69, 9.17) is 10.2 Å². The zero-order valence-corrected chi connectivity index (χ0v) is 23.7. The van der Waals surface area contributed by atoms with Crippen molar-refractivity contribution in [1.82, 2.24) is 0 Å². The maximum atomic E-state index is 13.0. The molecule has 4 aromatic carbocycles. The standard InChI is InChI=1S/C27H26O5.C8H8O3/c1-19(28)27(22-12-14-23(29)15-13-22,17-16-24(30)20-8-4-2-5-9-20)26(32)18-25(31)21-10-6-3-7-11-21;9-5-8(11)6-1-3-7(10)4-2-6/h2-15,26,29,32H,16-18H2,1H3;1-4,9-10H,5H2. The number of phenols is 2. The molecule has 43 heavy (non-hydrogen) atoms. The quantitative estimate of drug-likeness (QED) is 0.169. The Balaban J connectivity index is 0.000000386. The summed E-state index contributed by atoms with van der Waals surface area (Å²) < 4.78 is 0. The number of rotatable bonds is 12. The van der Waals surface area contributed by atoms with Crippen LogP contribution in [0.4, 0.5) is 0 Å². The number of phenolic OH excluding ortho intramolecular Hbond substituents is 2. The smallest absolute Gasteiger partial charge is 0.188 e. The maximum absolute atomic E-state index is 13.0. The molecule has 0 fully saturated rings. The first-order valence-electron chi connectivity index (χ1n) is 13.7. The third kappa shape index (κ3) is 8.54. The number of aliphatic hydroxyl groups is 2. The first-order valence-corrected chi connectivity index (χ1v) is 13.7. The predicted molar refractivity (Wildman–Crippen MR) is 161 cm³/mol. The van der Waals surface area contributed by atoms with Crippen LogP contribution in [-0.4, -0.2) is 56.3 Å². The number of benzene rings is 4. The van der Waals surface area contributed by atoms with Crippen molar-refractivity contribution in [2.45, 2.75) is 37.7 Å². The fourth-order valence-electron chi connectivity index (χ4n) is 4.79. The van der Waals surface area contributed by atoms with Gasteiger partial charge in [-0.15, -0.1) is 0 Å². The van der Waals surface area contributed by atoms with Crippen LogP contribution in [0.2, 0.25) is 0 Å². The second-order valence-corrected chi connectivity index (χ2v) is 10.0. The van der Waals surface area contributed by atoms with Gasteiger partial charge in [-0.1, -0.05) is 72.8 Å². The minimum Gasteiger partial charge on any atom is -0.508 e. The van der Waals surface area contributed by atoms with Crippen LogP contribution in [0.1, 0.15) is 62.8 Å². The monoisotopic (exact) mass is 582 g/mol. The van der Waals surface area contributed by atoms with E-state index in [9.17, 15) is 29.4 Å². The summed E-state index contributed by atoms with van der Waals surface area (Å²) >= 11 is 0. The Kier molecular flexibility index (Phi) is 11.6. The Morgan fingerprint density at radius 2 is 1.07 bits per heavy atom. The van der Waals surface area contributed by atoms with Crippen LogP contribution in [0.3, 0.4) is 0 Å². The molecule has 0 spiro atoms. The van der Waals surface area contributed by atoms with Gasteiger partial charge in [0.1, 0.15) is 23.9 Å². The molecule has 2 unspecified atom stereocenters. The van der Waals surface area contributed by atoms with Gasteiger partial charge in [0.2, 0.25) is 0 Å². The molecule has 0 aliphatic heterocycles. The Morgan fingerprint density at radius 3 is 1.53 bits per heavy atom. The van der Waals surface area contributed by atoms with Gasteiger partial charge in [-0.05, 0) is 55.3 Å². The highest BCUT2D eigenvalue weighted by atomic mass is 16.3. The molecule has 0 saturated heterocycles. The molecule has 0 radical (unpaired) electrons. The minimum absolute atomic E-state index is 0.0149. The fourth-order valence-corrected chi connectivity index (χ4v) is 4.79. The lowest BCUT2D eigenvalue weighted by atomic mass is 9.67. The van der Waals surface area contributed by atoms with Crippen molar-refractivity contribution < 1.29 is 39.6 Å². The van der Waals surface area contributed by atoms with Crippen LogP contribution in [0, 0.1) is 0 Å². The topological polar surface area (TPSA) is 149 Å². The van der Waals surface area contributed by atoms with Gasteiger partial charge >= 0.3 is 0 Å². The van der Waals surface area contributed by atoms with E-state index >= 15 is 0 Å². The highest BCUT2D eigenvalue weighted by molar-refractivity contribution is 5.99. The molecule has 4 aromatic rings. The summed E-state index contributed by atoms with van der Waals surface area (Å²) in [6.07, 6.45) is -1.57. The van der Waals surface area contributed by atoms with Crippen molar-refractivity contribution in [1.29, 1.82) is 0 Å². The second kappa shape index (κ2) is 15.3. The first-order chi connectivity index (χ1) is 20.6. The molecule has 0 aliphatic rings. The van der Waals surface area contributed by atoms with Gasteiger partial charge in [0.05, 0.1) is 11.5 Å². The van der Waals surface area contributed by atoms with Gasteiger partial charge in [-0.2, -0.15) is 0 Å². The van der Waals surface area contributed by atoms with Gasteiger partial charge in [0.15, 0.2) is 17.3 Å². The highest BCUT2D eigenvalue weighted by Crippen LogP contribution is 2.37. The Labute approximate surface area is 249 Å². The molecule has 8 nitrogen and oxygen atoms in total. The molecule has 8 heteroatoms. The molecule has 0 bridgehead atoms. The number of aliphatic hydroxyl groups excluding tert-OH is 2. The fraction of sp³-hybridized carbons (Fsp3) is 0.200. The van der Waals surface area contributed by atoms with Crippen molar-refractivity contribution in [3.63, 3.8) is 0 Å². The lowest BCUT2D eigenvalue weighted by Gasteiger charge is -2.36. The molecule has 222 valence electrons. The van der Waals surface area contributed by atoms with Gasteiger partial charge < -0.3 is 20.4 Å². The highest BCUT2D eigenvalue weighted by Gasteiger charge is 2.45. The summed E-state index contributed by atoms with van der Waals surface area (Å²) in [5, 5.41) is 38.2. The molecule has 0 amide bonds. The van der Waals surface area contributed by atoms with Crippen molar-refractivity contribution in [3.05, 3.63) is 131 Å². The van der Waals surface area contributed by atoms with Gasteiger partial charge in [-0.25, -0.2) is 0 Å². The zero-order chi connectivity index (χ0) is 31.4. The van der Waals surface area contributed by atoms with Crippen LogP contribution in [0.5, 0.6) is 11.5 Å². The Hall–Kier alpha value is -4.92. The predicted octanol–water partition coefficient (Wildman–Crippen LogP) is 5.08. The van der Waals surface area contributed by atoms with E-state index in [1.54, 1.807) is 66.7 Å². The molecular weight excluding hydrogens is 548 g/mol. The second-order valence-electron chi connectivity index (χ2n) is 10.0. The van der Waals surface area contributed by atoms with E-state index in [-0.39, 0.29) is 53.9 Å². The molecule has 2 atom stereocenters. The minimum atomic E-state index is -1.47. The van der Waals surface area contributed by atoms with Crippen LogP contribution >= 0.6 is 0 Å². The number of carbonyl (C=O) groups excluding carboxylic acids is 4. The van der Waals surface area contributed by atoms with Crippen molar-refractivity contribution in [3.8, 4) is 11.5 Å². The molecule has 0 aliphatic carbocycles. The summed E-state index contributed by atoms with van der Waals surface area (Å²) in [7, 11) is 0. The van der Waals surface area contributed by atoms with Crippen LogP contribution in [0.15, 0.2) is 109 Å². The number of hydrogen-bond acceptors (Lipinski definition) is 8. The number of carbonyl (C=O) groups is 4. The number of ketones is 4. The van der Waals surface area contributed by atoms with E-state index in [0.717, 1.165) is 0 Å². The first kappa shape index (κ1) is 32.6. The van der Waals surface area contributed by atoms with Crippen molar-refractivity contribution >= 4 is 23.1 Å². The van der Waals surface area contributed by atoms with E-state index in [2.05, 4.69) is 0 Å². The van der Waals surface area contributed by atoms with Gasteiger partial charge in [-0.3, -0.25) is 19.2 Å². The summed E-state index contributed by atoms with van der Waals surface area (Å²) in [5.41, 5.74) is 0.352. The van der Waals surface area contributed by atoms with E-state index in [0.29, 0.717) is 22.3 Å². The average molecular weight is 583 g/mol. The summed E-state index contributed by atoms with van der Waals surface area (Å²) in [4.78, 5) is 49.4. The SMILES string of the molecule is CC(=O)C(CCC(=O)c1ccccc1)(c1ccc(O)cc1)C(O)CC(=O)c1ccccc1.O=C(CO)c1ccc(O)cc1. The van der Waals surface area contributed by atoms with E-state index < -0.39 is 18.1 Å². The molecule has 0 saturated carbocycles. The van der Waals surface area contributed by atoms with Crippen LogP contribution < -0.4 is 0 Å². The van der Waals surface area contributed by atoms with E-state index in [1.165, 1.54) is 43.3 Å². The van der Waals surface area contributed by atoms with Crippen LogP contribution in [-0.2, 0) is 10.2 Å². The average Bonchev–Trinajstić information content (AvgIpc) is 3.03. The molecule has 0 aromatic heterocycles. The van der Waals surface area contributed by atoms with Crippen molar-refractivity contribution in [2.24, 2.45) is 0 Å². The zero-order valence-electron chi connectivity index (χ0n) is 23.7. The third-order valence-corrected chi connectivity index (χ3v) is 7.23. The Morgan fingerprint density at radius 1 is 0.628 bits per heavy atom. The van der Waals surface area contributed by atoms with Gasteiger partial charge in [0.25, 0.3) is 0 Å². The van der Waals surface area contributed by atoms with Gasteiger partial charge in [0, 0.05) is 29.5 Å². The normalized spacial score (nSPS) is 12.6. The molecule has 4 N–H and O–H groups in total. The molecular formula is C35H34O8. The summed E-state index contributed by atoms with van der Waals surface area (Å²) in [6, 6.07) is 29.0. The summed E-state index contributed by atoms with van der Waals surface area (Å²) in [5.74, 6) is -1.02. The van der Waals surface area contributed by atoms with Crippen molar-refractivity contribution in [2.75, 3.05) is 6.61 Å². The lowest BCUT2D eigenvalue weighted by Crippen LogP contribution is -2.47.